The Bertz CT molecular complexity index is 1530. The Kier molecular flexibility index (Phi) is 8.05. The number of ketones is 1. The van der Waals surface area contributed by atoms with E-state index in [0.29, 0.717) is 40.3 Å². The first-order valence-electron chi connectivity index (χ1n) is 13.1. The Balaban J connectivity index is 1.45. The second-order valence-corrected chi connectivity index (χ2v) is 9.95. The number of hydrogen-bond donors (Lipinski definition) is 2. The van der Waals surface area contributed by atoms with Crippen LogP contribution in [0, 0.1) is 0 Å². The van der Waals surface area contributed by atoms with Crippen LogP contribution in [0.1, 0.15) is 48.3 Å². The van der Waals surface area contributed by atoms with Crippen LogP contribution in [0.15, 0.2) is 95.3 Å². The third-order valence-electron chi connectivity index (χ3n) is 7.35. The Morgan fingerprint density at radius 1 is 1.05 bits per heavy atom. The summed E-state index contributed by atoms with van der Waals surface area (Å²) in [5, 5.41) is 13.6. The molecule has 3 aromatic rings. The summed E-state index contributed by atoms with van der Waals surface area (Å²) in [5.74, 6) is -0.907. The molecule has 1 aliphatic carbocycles. The van der Waals surface area contributed by atoms with Gasteiger partial charge in [-0.05, 0) is 60.4 Å². The van der Waals surface area contributed by atoms with E-state index < -0.39 is 18.5 Å². The predicted octanol–water partition coefficient (Wildman–Crippen LogP) is 6.11. The summed E-state index contributed by atoms with van der Waals surface area (Å²) >= 11 is 0. The van der Waals surface area contributed by atoms with Crippen LogP contribution in [0.5, 0.6) is 17.2 Å². The van der Waals surface area contributed by atoms with Gasteiger partial charge in [-0.3, -0.25) is 4.79 Å². The average Bonchev–Trinajstić information content (AvgIpc) is 2.95. The maximum atomic E-state index is 13.8. The van der Waals surface area contributed by atoms with E-state index in [1.807, 2.05) is 24.3 Å². The number of nitrogens with one attached hydrogen (secondary N) is 1. The van der Waals surface area contributed by atoms with E-state index in [4.69, 9.17) is 9.47 Å². The standard InChI is InChI=1S/C32H29F2NO6/c1-18-28(31(38)40-17-19-10-12-23(13-11-19)41-32(33)34)29(20-6-5-7-22(36)14-20)30-25(35-18)15-21(16-26(30)37)24-8-3-4-9-27(24)39-2/h3-14,21,29,32,35-36H,15-17H2,1-2H3. The molecule has 0 spiro atoms. The van der Waals surface area contributed by atoms with E-state index in [2.05, 4.69) is 10.1 Å². The highest BCUT2D eigenvalue weighted by Gasteiger charge is 2.42. The van der Waals surface area contributed by atoms with Crippen LogP contribution in [0.25, 0.3) is 0 Å². The molecule has 0 saturated heterocycles. The summed E-state index contributed by atoms with van der Waals surface area (Å²) < 4.78 is 40.5. The molecule has 2 atom stereocenters. The molecule has 0 aromatic heterocycles. The van der Waals surface area contributed by atoms with E-state index in [1.165, 1.54) is 30.3 Å². The fourth-order valence-corrected chi connectivity index (χ4v) is 5.56. The van der Waals surface area contributed by atoms with Crippen molar-refractivity contribution in [2.45, 2.75) is 44.8 Å². The van der Waals surface area contributed by atoms with Crippen LogP contribution >= 0.6 is 0 Å². The number of halogens is 2. The lowest BCUT2D eigenvalue weighted by molar-refractivity contribution is -0.140. The fourth-order valence-electron chi connectivity index (χ4n) is 5.56. The van der Waals surface area contributed by atoms with Crippen molar-refractivity contribution in [3.8, 4) is 17.2 Å². The third kappa shape index (κ3) is 5.94. The van der Waals surface area contributed by atoms with Gasteiger partial charge in [0.25, 0.3) is 0 Å². The first-order chi connectivity index (χ1) is 19.7. The zero-order valence-corrected chi connectivity index (χ0v) is 22.5. The van der Waals surface area contributed by atoms with Crippen molar-refractivity contribution in [3.63, 3.8) is 0 Å². The highest BCUT2D eigenvalue weighted by Crippen LogP contribution is 2.47. The summed E-state index contributed by atoms with van der Waals surface area (Å²) in [4.78, 5) is 27.4. The number of aromatic hydroxyl groups is 1. The van der Waals surface area contributed by atoms with Gasteiger partial charge in [-0.1, -0.05) is 42.5 Å². The number of Topliss-reactive ketones (excluding diaryl/α,β-unsaturated/α-hetero) is 1. The van der Waals surface area contributed by atoms with Gasteiger partial charge >= 0.3 is 12.6 Å². The number of benzene rings is 3. The molecule has 2 aliphatic rings. The Labute approximate surface area is 236 Å². The topological polar surface area (TPSA) is 94.1 Å². The second kappa shape index (κ2) is 11.8. The van der Waals surface area contributed by atoms with Crippen LogP contribution in [0.2, 0.25) is 0 Å². The van der Waals surface area contributed by atoms with Crippen molar-refractivity contribution in [2.75, 3.05) is 7.11 Å². The van der Waals surface area contributed by atoms with E-state index in [0.717, 1.165) is 5.56 Å². The number of hydrogen-bond acceptors (Lipinski definition) is 7. The van der Waals surface area contributed by atoms with E-state index in [9.17, 15) is 23.5 Å². The molecular weight excluding hydrogens is 532 g/mol. The Hall–Kier alpha value is -4.66. The molecule has 0 saturated carbocycles. The van der Waals surface area contributed by atoms with Crippen molar-refractivity contribution in [1.29, 1.82) is 0 Å². The van der Waals surface area contributed by atoms with Gasteiger partial charge < -0.3 is 24.6 Å². The van der Waals surface area contributed by atoms with Crippen molar-refractivity contribution in [3.05, 3.63) is 112 Å². The summed E-state index contributed by atoms with van der Waals surface area (Å²) in [7, 11) is 1.60. The molecule has 7 nitrogen and oxygen atoms in total. The van der Waals surface area contributed by atoms with Crippen molar-refractivity contribution in [2.24, 2.45) is 0 Å². The summed E-state index contributed by atoms with van der Waals surface area (Å²) in [5.41, 5.74) is 4.07. The van der Waals surface area contributed by atoms with Gasteiger partial charge in [0.1, 0.15) is 23.9 Å². The van der Waals surface area contributed by atoms with E-state index >= 15 is 0 Å². The van der Waals surface area contributed by atoms with Crippen LogP contribution in [-0.2, 0) is 20.9 Å². The van der Waals surface area contributed by atoms with Crippen molar-refractivity contribution >= 4 is 11.8 Å². The molecule has 2 N–H and O–H groups in total. The van der Waals surface area contributed by atoms with Gasteiger partial charge in [-0.15, -0.1) is 0 Å². The fraction of sp³-hybridized carbons (Fsp3) is 0.250. The number of phenols is 1. The molecule has 5 rings (SSSR count). The van der Waals surface area contributed by atoms with Crippen LogP contribution < -0.4 is 14.8 Å². The first-order valence-corrected chi connectivity index (χ1v) is 13.1. The second-order valence-electron chi connectivity index (χ2n) is 9.95. The lowest BCUT2D eigenvalue weighted by Crippen LogP contribution is -2.36. The molecule has 212 valence electrons. The number of esters is 1. The van der Waals surface area contributed by atoms with Gasteiger partial charge in [0.05, 0.1) is 12.7 Å². The highest BCUT2D eigenvalue weighted by atomic mass is 19.3. The SMILES string of the molecule is COc1ccccc1C1CC(=O)C2=C(C1)NC(C)=C(C(=O)OCc1ccc(OC(F)F)cc1)C2c1cccc(O)c1. The maximum absolute atomic E-state index is 13.8. The zero-order valence-electron chi connectivity index (χ0n) is 22.5. The molecule has 9 heteroatoms. The first kappa shape index (κ1) is 27.9. The van der Waals surface area contributed by atoms with Gasteiger partial charge in [-0.2, -0.15) is 8.78 Å². The summed E-state index contributed by atoms with van der Waals surface area (Å²) in [6.45, 7) is -1.30. The van der Waals surface area contributed by atoms with Crippen LogP contribution in [-0.4, -0.2) is 30.6 Å². The number of carbonyl (C=O) groups is 2. The summed E-state index contributed by atoms with van der Waals surface area (Å²) in [6, 6.07) is 19.9. The minimum absolute atomic E-state index is 0.00392. The molecular formula is C32H29F2NO6. The summed E-state index contributed by atoms with van der Waals surface area (Å²) in [6.07, 6.45) is 0.758. The number of para-hydroxylation sites is 1. The lowest BCUT2D eigenvalue weighted by atomic mass is 9.71. The van der Waals surface area contributed by atoms with E-state index in [1.54, 1.807) is 32.2 Å². The molecule has 41 heavy (non-hydrogen) atoms. The van der Waals surface area contributed by atoms with Crippen molar-refractivity contribution in [1.82, 2.24) is 5.32 Å². The van der Waals surface area contributed by atoms with Crippen LogP contribution in [0.4, 0.5) is 8.78 Å². The lowest BCUT2D eigenvalue weighted by Gasteiger charge is -2.37. The number of methoxy groups -OCH3 is 1. The molecule has 1 aliphatic heterocycles. The number of carbonyl (C=O) groups excluding carboxylic acids is 2. The Morgan fingerprint density at radius 3 is 2.51 bits per heavy atom. The smallest absolute Gasteiger partial charge is 0.387 e. The number of ether oxygens (including phenoxy) is 3. The molecule has 3 aromatic carbocycles. The normalized spacial score (nSPS) is 18.6. The Morgan fingerprint density at radius 2 is 1.80 bits per heavy atom. The molecule has 2 unspecified atom stereocenters. The zero-order chi connectivity index (χ0) is 29.1. The number of allylic oxidation sites excluding steroid dienone is 3. The number of dihydropyridines is 1. The van der Waals surface area contributed by atoms with Gasteiger partial charge in [0, 0.05) is 35.2 Å². The molecule has 0 amide bonds. The van der Waals surface area contributed by atoms with Gasteiger partial charge in [-0.25, -0.2) is 4.79 Å². The van der Waals surface area contributed by atoms with E-state index in [-0.39, 0.29) is 41.8 Å². The molecule has 1 heterocycles. The minimum atomic E-state index is -2.94. The van der Waals surface area contributed by atoms with Gasteiger partial charge in [0.15, 0.2) is 5.78 Å². The van der Waals surface area contributed by atoms with Crippen molar-refractivity contribution < 1.29 is 37.7 Å². The number of rotatable bonds is 8. The average molecular weight is 562 g/mol. The predicted molar refractivity (Wildman–Crippen MR) is 147 cm³/mol. The molecule has 0 fully saturated rings. The largest absolute Gasteiger partial charge is 0.508 e. The van der Waals surface area contributed by atoms with Gasteiger partial charge in [0.2, 0.25) is 0 Å². The molecule has 0 radical (unpaired) electrons. The third-order valence-corrected chi connectivity index (χ3v) is 7.35. The number of phenolic OH excluding ortho intramolecular Hbond substituents is 1. The highest BCUT2D eigenvalue weighted by molar-refractivity contribution is 6.04. The van der Waals surface area contributed by atoms with Crippen LogP contribution in [0.3, 0.4) is 0 Å². The molecule has 0 bridgehead atoms. The minimum Gasteiger partial charge on any atom is -0.508 e. The maximum Gasteiger partial charge on any atom is 0.387 e. The number of alkyl halides is 2. The monoisotopic (exact) mass is 561 g/mol. The quantitative estimate of drug-likeness (QED) is 0.321.